The molecule has 0 saturated heterocycles. The maximum absolute atomic E-state index is 5.42. The molecule has 0 aliphatic carbocycles. The number of ether oxygens (including phenoxy) is 1. The van der Waals surface area contributed by atoms with Crippen LogP contribution in [0.1, 0.15) is 16.8 Å². The molecule has 0 aliphatic heterocycles. The summed E-state index contributed by atoms with van der Waals surface area (Å²) < 4.78 is 10.3. The van der Waals surface area contributed by atoms with Crippen LogP contribution in [0.4, 0.5) is 6.01 Å². The second-order valence-electron chi connectivity index (χ2n) is 3.67. The monoisotopic (exact) mass is 218 g/mol. The molecule has 2 aromatic rings. The molecule has 0 fully saturated rings. The Morgan fingerprint density at radius 2 is 2.25 bits per heavy atom. The zero-order valence-corrected chi connectivity index (χ0v) is 9.36. The predicted octanol–water partition coefficient (Wildman–Crippen LogP) is 2.16. The number of rotatable bonds is 3. The van der Waals surface area contributed by atoms with Crippen molar-refractivity contribution in [1.82, 2.24) is 4.98 Å². The van der Waals surface area contributed by atoms with Gasteiger partial charge < -0.3 is 14.9 Å². The van der Waals surface area contributed by atoms with Crippen LogP contribution in [-0.4, -0.2) is 12.1 Å². The molecule has 0 atom stereocenters. The van der Waals surface area contributed by atoms with Gasteiger partial charge in [0.05, 0.1) is 12.8 Å². The van der Waals surface area contributed by atoms with Crippen LogP contribution in [-0.2, 0) is 6.42 Å². The van der Waals surface area contributed by atoms with Crippen molar-refractivity contribution in [3.8, 4) is 5.75 Å². The molecule has 0 amide bonds. The van der Waals surface area contributed by atoms with Crippen molar-refractivity contribution >= 4 is 6.01 Å². The number of hydrogen-bond acceptors (Lipinski definition) is 4. The Bertz CT molecular complexity index is 492. The lowest BCUT2D eigenvalue weighted by molar-refractivity contribution is 0.410. The highest BCUT2D eigenvalue weighted by molar-refractivity contribution is 5.39. The summed E-state index contributed by atoms with van der Waals surface area (Å²) in [6.45, 7) is 2.04. The highest BCUT2D eigenvalue weighted by Gasteiger charge is 2.07. The molecule has 0 saturated carbocycles. The van der Waals surface area contributed by atoms with E-state index in [9.17, 15) is 0 Å². The fourth-order valence-electron chi connectivity index (χ4n) is 1.64. The quantitative estimate of drug-likeness (QED) is 0.857. The summed E-state index contributed by atoms with van der Waals surface area (Å²) in [5.74, 6) is 0.854. The number of hydrogen-bond donors (Lipinski definition) is 1. The van der Waals surface area contributed by atoms with E-state index in [1.54, 1.807) is 13.4 Å². The van der Waals surface area contributed by atoms with E-state index in [0.29, 0.717) is 6.42 Å². The van der Waals surface area contributed by atoms with Crippen molar-refractivity contribution in [3.63, 3.8) is 0 Å². The van der Waals surface area contributed by atoms with Crippen molar-refractivity contribution in [3.05, 3.63) is 41.3 Å². The summed E-state index contributed by atoms with van der Waals surface area (Å²) in [6, 6.07) is 6.23. The van der Waals surface area contributed by atoms with Crippen molar-refractivity contribution in [2.24, 2.45) is 0 Å². The van der Waals surface area contributed by atoms with Gasteiger partial charge in [0, 0.05) is 12.0 Å². The molecule has 0 spiro atoms. The van der Waals surface area contributed by atoms with Crippen LogP contribution < -0.4 is 10.5 Å². The lowest BCUT2D eigenvalue weighted by Crippen LogP contribution is -1.95. The minimum Gasteiger partial charge on any atom is -0.496 e. The van der Waals surface area contributed by atoms with Crippen LogP contribution in [0.2, 0.25) is 0 Å². The Morgan fingerprint density at radius 3 is 2.88 bits per heavy atom. The third-order valence-corrected chi connectivity index (χ3v) is 2.38. The molecule has 16 heavy (non-hydrogen) atoms. The normalized spacial score (nSPS) is 10.4. The summed E-state index contributed by atoms with van der Waals surface area (Å²) in [6.07, 6.45) is 2.22. The van der Waals surface area contributed by atoms with E-state index in [2.05, 4.69) is 11.1 Å². The topological polar surface area (TPSA) is 61.3 Å². The summed E-state index contributed by atoms with van der Waals surface area (Å²) in [5, 5.41) is 0. The number of aryl methyl sites for hydroxylation is 1. The Morgan fingerprint density at radius 1 is 1.44 bits per heavy atom. The zero-order chi connectivity index (χ0) is 11.5. The average molecular weight is 218 g/mol. The van der Waals surface area contributed by atoms with Crippen molar-refractivity contribution in [1.29, 1.82) is 0 Å². The van der Waals surface area contributed by atoms with Gasteiger partial charge in [-0.1, -0.05) is 17.7 Å². The molecule has 2 N–H and O–H groups in total. The molecule has 1 aromatic heterocycles. The first-order valence-corrected chi connectivity index (χ1v) is 5.02. The Labute approximate surface area is 94.1 Å². The first-order valence-electron chi connectivity index (χ1n) is 5.02. The highest BCUT2D eigenvalue weighted by Crippen LogP contribution is 2.22. The van der Waals surface area contributed by atoms with Crippen LogP contribution >= 0.6 is 0 Å². The summed E-state index contributed by atoms with van der Waals surface area (Å²) >= 11 is 0. The number of oxazole rings is 1. The van der Waals surface area contributed by atoms with E-state index >= 15 is 0 Å². The summed E-state index contributed by atoms with van der Waals surface area (Å²) in [5.41, 5.74) is 8.50. The van der Waals surface area contributed by atoms with Gasteiger partial charge in [0.15, 0.2) is 0 Å². The Balaban J connectivity index is 2.29. The zero-order valence-electron chi connectivity index (χ0n) is 9.36. The molecule has 4 heteroatoms. The van der Waals surface area contributed by atoms with E-state index in [1.165, 1.54) is 5.56 Å². The van der Waals surface area contributed by atoms with Gasteiger partial charge in [-0.05, 0) is 13.0 Å². The van der Waals surface area contributed by atoms with Gasteiger partial charge in [-0.3, -0.25) is 0 Å². The molecule has 0 bridgehead atoms. The van der Waals surface area contributed by atoms with Gasteiger partial charge >= 0.3 is 0 Å². The molecule has 0 aliphatic rings. The van der Waals surface area contributed by atoms with E-state index < -0.39 is 0 Å². The number of benzene rings is 1. The lowest BCUT2D eigenvalue weighted by Gasteiger charge is -2.07. The first-order chi connectivity index (χ1) is 7.69. The molecule has 1 heterocycles. The minimum atomic E-state index is 0.196. The number of nitrogens with two attached hydrogens (primary N) is 1. The average Bonchev–Trinajstić information content (AvgIpc) is 2.64. The van der Waals surface area contributed by atoms with Crippen LogP contribution in [0.5, 0.6) is 5.75 Å². The summed E-state index contributed by atoms with van der Waals surface area (Å²) in [4.78, 5) is 4.07. The van der Waals surface area contributed by atoms with E-state index in [-0.39, 0.29) is 6.01 Å². The molecule has 0 radical (unpaired) electrons. The first kappa shape index (κ1) is 10.5. The third-order valence-electron chi connectivity index (χ3n) is 2.38. The Hall–Kier alpha value is -1.97. The van der Waals surface area contributed by atoms with Crippen molar-refractivity contribution < 1.29 is 9.15 Å². The SMILES string of the molecule is COc1ccc(C)cc1Cc1coc(N)n1. The molecule has 2 rings (SSSR count). The van der Waals surface area contributed by atoms with E-state index in [0.717, 1.165) is 17.0 Å². The maximum Gasteiger partial charge on any atom is 0.292 e. The predicted molar refractivity (Wildman–Crippen MR) is 61.5 cm³/mol. The smallest absolute Gasteiger partial charge is 0.292 e. The van der Waals surface area contributed by atoms with Gasteiger partial charge in [-0.15, -0.1) is 0 Å². The number of methoxy groups -OCH3 is 1. The molecule has 4 nitrogen and oxygen atoms in total. The minimum absolute atomic E-state index is 0.196. The Kier molecular flexibility index (Phi) is 2.81. The number of nitrogen functional groups attached to an aromatic ring is 1. The second-order valence-corrected chi connectivity index (χ2v) is 3.67. The number of nitrogens with zero attached hydrogens (tertiary/aromatic N) is 1. The second kappa shape index (κ2) is 4.26. The highest BCUT2D eigenvalue weighted by atomic mass is 16.5. The number of aromatic nitrogens is 1. The maximum atomic E-state index is 5.42. The van der Waals surface area contributed by atoms with Crippen molar-refractivity contribution in [2.45, 2.75) is 13.3 Å². The van der Waals surface area contributed by atoms with Crippen LogP contribution in [0.25, 0.3) is 0 Å². The van der Waals surface area contributed by atoms with Gasteiger partial charge in [-0.25, -0.2) is 0 Å². The standard InChI is InChI=1S/C12H14N2O2/c1-8-3-4-11(15-2)9(5-8)6-10-7-16-12(13)14-10/h3-5,7H,6H2,1-2H3,(H2,13,14). The third kappa shape index (κ3) is 2.16. The van der Waals surface area contributed by atoms with E-state index in [4.69, 9.17) is 14.9 Å². The largest absolute Gasteiger partial charge is 0.496 e. The fraction of sp³-hybridized carbons (Fsp3) is 0.250. The van der Waals surface area contributed by atoms with Crippen molar-refractivity contribution in [2.75, 3.05) is 12.8 Å². The van der Waals surface area contributed by atoms with Gasteiger partial charge in [-0.2, -0.15) is 4.98 Å². The number of anilines is 1. The van der Waals surface area contributed by atoms with E-state index in [1.807, 2.05) is 19.1 Å². The van der Waals surface area contributed by atoms with Crippen LogP contribution in [0, 0.1) is 6.92 Å². The van der Waals surface area contributed by atoms with Crippen LogP contribution in [0.15, 0.2) is 28.9 Å². The fourth-order valence-corrected chi connectivity index (χ4v) is 1.64. The van der Waals surface area contributed by atoms with Gasteiger partial charge in [0.2, 0.25) is 0 Å². The van der Waals surface area contributed by atoms with Crippen LogP contribution in [0.3, 0.4) is 0 Å². The van der Waals surface area contributed by atoms with Gasteiger partial charge in [0.25, 0.3) is 6.01 Å². The molecule has 1 aromatic carbocycles. The lowest BCUT2D eigenvalue weighted by atomic mass is 10.1. The molecule has 84 valence electrons. The van der Waals surface area contributed by atoms with Gasteiger partial charge in [0.1, 0.15) is 12.0 Å². The molecular formula is C12H14N2O2. The molecular weight excluding hydrogens is 204 g/mol. The molecule has 0 unspecified atom stereocenters. The summed E-state index contributed by atoms with van der Waals surface area (Å²) in [7, 11) is 1.66.